The van der Waals surface area contributed by atoms with Crippen molar-refractivity contribution in [2.24, 2.45) is 0 Å². The van der Waals surface area contributed by atoms with E-state index in [1.54, 1.807) is 33.6 Å². The molecule has 7 heteroatoms. The van der Waals surface area contributed by atoms with Crippen LogP contribution in [0.4, 0.5) is 0 Å². The number of hydrogen-bond acceptors (Lipinski definition) is 6. The molecular formula is C25H28N4OS2. The van der Waals surface area contributed by atoms with Gasteiger partial charge in [0.25, 0.3) is 5.56 Å². The Morgan fingerprint density at radius 1 is 1.28 bits per heavy atom. The molecule has 0 aliphatic heterocycles. The first-order valence-corrected chi connectivity index (χ1v) is 12.9. The Balaban J connectivity index is 1.37. The van der Waals surface area contributed by atoms with Gasteiger partial charge in [-0.25, -0.2) is 9.97 Å². The van der Waals surface area contributed by atoms with Gasteiger partial charge in [0.1, 0.15) is 4.83 Å². The van der Waals surface area contributed by atoms with Crippen LogP contribution in [0.5, 0.6) is 0 Å². The summed E-state index contributed by atoms with van der Waals surface area (Å²) in [6.07, 6.45) is 5.80. The maximum atomic E-state index is 13.5. The first-order valence-electron chi connectivity index (χ1n) is 11.2. The molecule has 5 nitrogen and oxygen atoms in total. The molecule has 0 saturated carbocycles. The van der Waals surface area contributed by atoms with Crippen molar-refractivity contribution in [3.8, 4) is 0 Å². The second-order valence-corrected chi connectivity index (χ2v) is 10.9. The number of fused-ring (bicyclic) bond motifs is 3. The topological polar surface area (TPSA) is 51.0 Å². The van der Waals surface area contributed by atoms with Crippen LogP contribution in [0.25, 0.3) is 10.2 Å². The van der Waals surface area contributed by atoms with E-state index in [-0.39, 0.29) is 11.6 Å². The van der Waals surface area contributed by atoms with Crippen molar-refractivity contribution in [2.75, 3.05) is 13.6 Å². The molecule has 1 aromatic carbocycles. The minimum atomic E-state index is -0.111. The maximum absolute atomic E-state index is 13.5. The standard InChI is InChI=1S/C25H28N4OS2/c1-16(21-14-31-17(2)27-21)29-15-26-24-23(25(29)30)20-10-9-19(13-22(20)32-24)28(3)12-11-18-7-5-4-6-8-18/h4-8,14-16,19H,9-13H2,1-3H3. The molecule has 2 atom stereocenters. The van der Waals surface area contributed by atoms with Crippen LogP contribution in [0.2, 0.25) is 0 Å². The van der Waals surface area contributed by atoms with E-state index in [0.29, 0.717) is 6.04 Å². The van der Waals surface area contributed by atoms with Crippen molar-refractivity contribution in [1.29, 1.82) is 0 Å². The van der Waals surface area contributed by atoms with Crippen LogP contribution in [0.3, 0.4) is 0 Å². The Kier molecular flexibility index (Phi) is 5.97. The molecule has 0 radical (unpaired) electrons. The second kappa shape index (κ2) is 8.89. The van der Waals surface area contributed by atoms with Crippen LogP contribution in [0.1, 0.15) is 46.1 Å². The summed E-state index contributed by atoms with van der Waals surface area (Å²) in [5.74, 6) is 0. The van der Waals surface area contributed by atoms with Gasteiger partial charge in [-0.15, -0.1) is 22.7 Å². The number of thiophene rings is 1. The van der Waals surface area contributed by atoms with Crippen molar-refractivity contribution in [1.82, 2.24) is 19.4 Å². The van der Waals surface area contributed by atoms with Crippen LogP contribution in [-0.2, 0) is 19.3 Å². The highest BCUT2D eigenvalue weighted by molar-refractivity contribution is 7.18. The molecule has 5 rings (SSSR count). The summed E-state index contributed by atoms with van der Waals surface area (Å²) in [5, 5.41) is 3.89. The highest BCUT2D eigenvalue weighted by Gasteiger charge is 2.28. The number of aryl methyl sites for hydroxylation is 2. The molecule has 0 fully saturated rings. The Bertz CT molecular complexity index is 1290. The molecule has 0 amide bonds. The Morgan fingerprint density at radius 3 is 2.84 bits per heavy atom. The van der Waals surface area contributed by atoms with E-state index in [9.17, 15) is 4.79 Å². The lowest BCUT2D eigenvalue weighted by molar-refractivity contribution is 0.226. The molecule has 3 heterocycles. The zero-order valence-electron chi connectivity index (χ0n) is 18.7. The molecular weight excluding hydrogens is 436 g/mol. The lowest BCUT2D eigenvalue weighted by atomic mass is 9.92. The molecule has 3 aromatic heterocycles. The van der Waals surface area contributed by atoms with Gasteiger partial charge in [-0.2, -0.15) is 0 Å². The summed E-state index contributed by atoms with van der Waals surface area (Å²) >= 11 is 3.32. The predicted octanol–water partition coefficient (Wildman–Crippen LogP) is 4.86. The third kappa shape index (κ3) is 4.05. The van der Waals surface area contributed by atoms with Gasteiger partial charge in [-0.1, -0.05) is 30.3 Å². The molecule has 0 bridgehead atoms. The predicted molar refractivity (Wildman–Crippen MR) is 133 cm³/mol. The van der Waals surface area contributed by atoms with Gasteiger partial charge in [0.2, 0.25) is 0 Å². The van der Waals surface area contributed by atoms with Crippen molar-refractivity contribution in [3.05, 3.63) is 79.1 Å². The molecule has 1 aliphatic carbocycles. The molecule has 0 saturated heterocycles. The van der Waals surface area contributed by atoms with Crippen LogP contribution in [0, 0.1) is 6.92 Å². The zero-order chi connectivity index (χ0) is 22.2. The van der Waals surface area contributed by atoms with Gasteiger partial charge in [-0.05, 0) is 57.7 Å². The van der Waals surface area contributed by atoms with Gasteiger partial charge in [-0.3, -0.25) is 9.36 Å². The number of likely N-dealkylation sites (N-methyl/N-ethyl adjacent to an activating group) is 1. The zero-order valence-corrected chi connectivity index (χ0v) is 20.4. The highest BCUT2D eigenvalue weighted by Crippen LogP contribution is 2.35. The minimum absolute atomic E-state index is 0.0709. The van der Waals surface area contributed by atoms with Crippen molar-refractivity contribution >= 4 is 32.9 Å². The van der Waals surface area contributed by atoms with E-state index in [1.165, 1.54) is 16.0 Å². The van der Waals surface area contributed by atoms with Crippen LogP contribution >= 0.6 is 22.7 Å². The molecule has 4 aromatic rings. The number of aromatic nitrogens is 3. The quantitative estimate of drug-likeness (QED) is 0.409. The summed E-state index contributed by atoms with van der Waals surface area (Å²) in [4.78, 5) is 27.4. The van der Waals surface area contributed by atoms with Crippen molar-refractivity contribution < 1.29 is 0 Å². The lowest BCUT2D eigenvalue weighted by Crippen LogP contribution is -2.37. The number of benzene rings is 1. The molecule has 166 valence electrons. The molecule has 32 heavy (non-hydrogen) atoms. The van der Waals surface area contributed by atoms with E-state index in [0.717, 1.165) is 53.1 Å². The number of rotatable bonds is 6. The fraction of sp³-hybridized carbons (Fsp3) is 0.400. The van der Waals surface area contributed by atoms with Crippen LogP contribution in [0.15, 0.2) is 46.8 Å². The van der Waals surface area contributed by atoms with E-state index in [4.69, 9.17) is 0 Å². The molecule has 1 aliphatic rings. The highest BCUT2D eigenvalue weighted by atomic mass is 32.1. The van der Waals surface area contributed by atoms with E-state index in [1.807, 2.05) is 19.2 Å². The summed E-state index contributed by atoms with van der Waals surface area (Å²) in [6, 6.07) is 11.1. The fourth-order valence-corrected chi connectivity index (χ4v) is 6.61. The Morgan fingerprint density at radius 2 is 2.09 bits per heavy atom. The van der Waals surface area contributed by atoms with Gasteiger partial charge in [0, 0.05) is 22.8 Å². The average molecular weight is 465 g/mol. The summed E-state index contributed by atoms with van der Waals surface area (Å²) in [6.45, 7) is 5.07. The Hall–Kier alpha value is -2.35. The number of hydrogen-bond donors (Lipinski definition) is 0. The van der Waals surface area contributed by atoms with Crippen LogP contribution < -0.4 is 5.56 Å². The second-order valence-electron chi connectivity index (χ2n) is 8.72. The summed E-state index contributed by atoms with van der Waals surface area (Å²) in [5.41, 5.74) is 3.61. The van der Waals surface area contributed by atoms with E-state index in [2.05, 4.69) is 52.2 Å². The van der Waals surface area contributed by atoms with Crippen molar-refractivity contribution in [3.63, 3.8) is 0 Å². The average Bonchev–Trinajstić information content (AvgIpc) is 3.41. The first kappa shape index (κ1) is 21.5. The first-order chi connectivity index (χ1) is 15.5. The SMILES string of the molecule is Cc1nc(C(C)n2cnc3sc4c(c3c2=O)CCC(N(C)CCc2ccccc2)C4)cs1. The summed E-state index contributed by atoms with van der Waals surface area (Å²) in [7, 11) is 2.23. The largest absolute Gasteiger partial charge is 0.303 e. The fourth-order valence-electron chi connectivity index (χ4n) is 4.66. The van der Waals surface area contributed by atoms with Crippen LogP contribution in [-0.4, -0.2) is 39.1 Å². The van der Waals surface area contributed by atoms with Gasteiger partial charge in [0.05, 0.1) is 28.5 Å². The smallest absolute Gasteiger partial charge is 0.262 e. The molecule has 0 N–H and O–H groups in total. The maximum Gasteiger partial charge on any atom is 0.262 e. The molecule has 2 unspecified atom stereocenters. The van der Waals surface area contributed by atoms with Gasteiger partial charge in [0.15, 0.2) is 0 Å². The lowest BCUT2D eigenvalue weighted by Gasteiger charge is -2.31. The molecule has 0 spiro atoms. The monoisotopic (exact) mass is 464 g/mol. The van der Waals surface area contributed by atoms with E-state index >= 15 is 0 Å². The summed E-state index contributed by atoms with van der Waals surface area (Å²) < 4.78 is 1.75. The van der Waals surface area contributed by atoms with Gasteiger partial charge < -0.3 is 4.90 Å². The minimum Gasteiger partial charge on any atom is -0.303 e. The van der Waals surface area contributed by atoms with Crippen molar-refractivity contribution in [2.45, 2.75) is 51.6 Å². The normalized spacial score (nSPS) is 17.1. The van der Waals surface area contributed by atoms with E-state index < -0.39 is 0 Å². The number of thiazole rings is 1. The third-order valence-corrected chi connectivity index (χ3v) is 8.62. The number of nitrogens with zero attached hydrogens (tertiary/aromatic N) is 4. The van der Waals surface area contributed by atoms with Gasteiger partial charge >= 0.3 is 0 Å². The Labute approximate surface area is 196 Å². The third-order valence-electron chi connectivity index (χ3n) is 6.67.